The molecule has 2 nitrogen and oxygen atoms in total. The maximum atomic E-state index is 8.71. The van der Waals surface area contributed by atoms with E-state index in [9.17, 15) is 0 Å². The molecule has 1 aromatic heterocycles. The second kappa shape index (κ2) is 3.68. The van der Waals surface area contributed by atoms with Crippen molar-refractivity contribution in [1.29, 1.82) is 0 Å². The van der Waals surface area contributed by atoms with Gasteiger partial charge < -0.3 is 9.67 Å². The molecule has 0 unspecified atom stereocenters. The van der Waals surface area contributed by atoms with Crippen LogP contribution in [0, 0.1) is 0 Å². The largest absolute Gasteiger partial charge is 0.392 e. The monoisotopic (exact) mass is 187 g/mol. The van der Waals surface area contributed by atoms with Gasteiger partial charge in [-0.3, -0.25) is 0 Å². The Balaban J connectivity index is 2.60. The lowest BCUT2D eigenvalue weighted by Crippen LogP contribution is -1.83. The van der Waals surface area contributed by atoms with E-state index in [0.29, 0.717) is 0 Å². The molecule has 72 valence electrons. The van der Waals surface area contributed by atoms with E-state index < -0.39 is 0 Å². The van der Waals surface area contributed by atoms with Crippen molar-refractivity contribution in [3.63, 3.8) is 0 Å². The van der Waals surface area contributed by atoms with Crippen molar-refractivity contribution in [2.45, 2.75) is 0 Å². The maximum absolute atomic E-state index is 8.71. The third kappa shape index (κ3) is 1.44. The molecule has 1 N–H and O–H groups in total. The van der Waals surface area contributed by atoms with Crippen LogP contribution in [0.15, 0.2) is 36.5 Å². The molecule has 1 aromatic carbocycles. The number of benzene rings is 1. The number of fused-ring (bicyclic) bond motifs is 1. The molecule has 0 spiro atoms. The highest BCUT2D eigenvalue weighted by molar-refractivity contribution is 5.88. The first-order valence-corrected chi connectivity index (χ1v) is 4.64. The Labute approximate surface area is 83.1 Å². The molecular weight excluding hydrogens is 174 g/mol. The van der Waals surface area contributed by atoms with Crippen LogP contribution in [0.5, 0.6) is 0 Å². The number of hydrogen-bond donors (Lipinski definition) is 1. The fourth-order valence-electron chi connectivity index (χ4n) is 1.65. The Kier molecular flexibility index (Phi) is 2.37. The smallest absolute Gasteiger partial charge is 0.0615 e. The maximum Gasteiger partial charge on any atom is 0.0615 e. The first kappa shape index (κ1) is 9.03. The summed E-state index contributed by atoms with van der Waals surface area (Å²) in [6, 6.07) is 8.26. The van der Waals surface area contributed by atoms with Crippen LogP contribution >= 0.6 is 0 Å². The van der Waals surface area contributed by atoms with E-state index in [2.05, 4.69) is 22.8 Å². The molecule has 0 saturated carbocycles. The molecule has 0 atom stereocenters. The predicted octanol–water partition coefficient (Wildman–Crippen LogP) is 2.18. The first-order valence-electron chi connectivity index (χ1n) is 4.64. The summed E-state index contributed by atoms with van der Waals surface area (Å²) in [6.45, 7) is 0.0865. The number of aromatic nitrogens is 1. The van der Waals surface area contributed by atoms with Gasteiger partial charge in [0.2, 0.25) is 0 Å². The van der Waals surface area contributed by atoms with Gasteiger partial charge in [-0.2, -0.15) is 0 Å². The Hall–Kier alpha value is -1.54. The molecule has 0 bridgehead atoms. The molecule has 0 saturated heterocycles. The zero-order chi connectivity index (χ0) is 9.97. The number of aryl methyl sites for hydroxylation is 1. The lowest BCUT2D eigenvalue weighted by atomic mass is 10.1. The van der Waals surface area contributed by atoms with Gasteiger partial charge in [0.25, 0.3) is 0 Å². The Bertz CT molecular complexity index is 468. The number of rotatable bonds is 2. The van der Waals surface area contributed by atoms with Crippen molar-refractivity contribution >= 4 is 17.0 Å². The SMILES string of the molecule is Cn1ccc2c(/C=C/CO)cccc21. The molecule has 2 aromatic rings. The highest BCUT2D eigenvalue weighted by Crippen LogP contribution is 2.20. The van der Waals surface area contributed by atoms with Gasteiger partial charge in [-0.25, -0.2) is 0 Å². The summed E-state index contributed by atoms with van der Waals surface area (Å²) in [5.74, 6) is 0. The summed E-state index contributed by atoms with van der Waals surface area (Å²) >= 11 is 0. The Morgan fingerprint density at radius 2 is 2.21 bits per heavy atom. The van der Waals surface area contributed by atoms with E-state index >= 15 is 0 Å². The summed E-state index contributed by atoms with van der Waals surface area (Å²) in [5, 5.41) is 9.93. The highest BCUT2D eigenvalue weighted by atomic mass is 16.2. The molecule has 2 rings (SSSR count). The molecule has 1 heterocycles. The van der Waals surface area contributed by atoms with Crippen LogP contribution < -0.4 is 0 Å². The molecule has 0 radical (unpaired) electrons. The average molecular weight is 187 g/mol. The van der Waals surface area contributed by atoms with E-state index in [4.69, 9.17) is 5.11 Å². The van der Waals surface area contributed by atoms with Gasteiger partial charge in [-0.05, 0) is 17.7 Å². The zero-order valence-corrected chi connectivity index (χ0v) is 8.14. The van der Waals surface area contributed by atoms with E-state index in [-0.39, 0.29) is 6.61 Å². The van der Waals surface area contributed by atoms with Crippen LogP contribution in [0.1, 0.15) is 5.56 Å². The van der Waals surface area contributed by atoms with Crippen LogP contribution in [-0.4, -0.2) is 16.3 Å². The molecular formula is C12H13NO. The molecule has 14 heavy (non-hydrogen) atoms. The summed E-state index contributed by atoms with van der Waals surface area (Å²) in [5.41, 5.74) is 2.36. The predicted molar refractivity (Wildman–Crippen MR) is 59.0 cm³/mol. The minimum atomic E-state index is 0.0865. The van der Waals surface area contributed by atoms with Crippen molar-refractivity contribution in [3.05, 3.63) is 42.1 Å². The van der Waals surface area contributed by atoms with Crippen LogP contribution in [0.3, 0.4) is 0 Å². The summed E-state index contributed by atoms with van der Waals surface area (Å²) in [6.07, 6.45) is 5.74. The van der Waals surface area contributed by atoms with Gasteiger partial charge >= 0.3 is 0 Å². The first-order chi connectivity index (χ1) is 6.83. The van der Waals surface area contributed by atoms with Gasteiger partial charge in [-0.15, -0.1) is 0 Å². The van der Waals surface area contributed by atoms with E-state index in [1.165, 1.54) is 10.9 Å². The van der Waals surface area contributed by atoms with Crippen molar-refractivity contribution in [1.82, 2.24) is 4.57 Å². The molecule has 0 amide bonds. The third-order valence-electron chi connectivity index (χ3n) is 2.36. The van der Waals surface area contributed by atoms with Gasteiger partial charge in [0.1, 0.15) is 0 Å². The van der Waals surface area contributed by atoms with Gasteiger partial charge in [0.05, 0.1) is 6.61 Å². The summed E-state index contributed by atoms with van der Waals surface area (Å²) in [4.78, 5) is 0. The number of nitrogens with zero attached hydrogens (tertiary/aromatic N) is 1. The topological polar surface area (TPSA) is 25.2 Å². The quantitative estimate of drug-likeness (QED) is 0.766. The van der Waals surface area contributed by atoms with Crippen LogP contribution in [0.4, 0.5) is 0 Å². The lowest BCUT2D eigenvalue weighted by Gasteiger charge is -1.98. The zero-order valence-electron chi connectivity index (χ0n) is 8.14. The van der Waals surface area contributed by atoms with Crippen molar-refractivity contribution in [2.24, 2.45) is 7.05 Å². The normalized spacial score (nSPS) is 11.6. The Morgan fingerprint density at radius 3 is 3.00 bits per heavy atom. The molecule has 0 aliphatic carbocycles. The standard InChI is InChI=1S/C12H13NO/c1-13-8-7-11-10(5-3-9-14)4-2-6-12(11)13/h2-8,14H,9H2,1H3/b5-3+. The van der Waals surface area contributed by atoms with Crippen LogP contribution in [0.25, 0.3) is 17.0 Å². The fraction of sp³-hybridized carbons (Fsp3) is 0.167. The van der Waals surface area contributed by atoms with Crippen LogP contribution in [-0.2, 0) is 7.05 Å². The van der Waals surface area contributed by atoms with Gasteiger partial charge in [0.15, 0.2) is 0 Å². The van der Waals surface area contributed by atoms with Crippen molar-refractivity contribution in [2.75, 3.05) is 6.61 Å². The second-order valence-corrected chi connectivity index (χ2v) is 3.29. The fourth-order valence-corrected chi connectivity index (χ4v) is 1.65. The molecule has 0 fully saturated rings. The minimum absolute atomic E-state index is 0.0865. The molecule has 0 aliphatic heterocycles. The minimum Gasteiger partial charge on any atom is -0.392 e. The van der Waals surface area contributed by atoms with Gasteiger partial charge in [0, 0.05) is 24.1 Å². The van der Waals surface area contributed by atoms with Crippen molar-refractivity contribution < 1.29 is 5.11 Å². The number of hydrogen-bond acceptors (Lipinski definition) is 1. The Morgan fingerprint density at radius 1 is 1.36 bits per heavy atom. The van der Waals surface area contributed by atoms with E-state index in [0.717, 1.165) is 5.56 Å². The van der Waals surface area contributed by atoms with Crippen molar-refractivity contribution in [3.8, 4) is 0 Å². The molecule has 0 aliphatic rings. The molecule has 2 heteroatoms. The average Bonchev–Trinajstić information content (AvgIpc) is 2.58. The van der Waals surface area contributed by atoms with Crippen LogP contribution in [0.2, 0.25) is 0 Å². The van der Waals surface area contributed by atoms with E-state index in [1.54, 1.807) is 6.08 Å². The second-order valence-electron chi connectivity index (χ2n) is 3.29. The third-order valence-corrected chi connectivity index (χ3v) is 2.36. The van der Waals surface area contributed by atoms with E-state index in [1.807, 2.05) is 25.4 Å². The summed E-state index contributed by atoms with van der Waals surface area (Å²) < 4.78 is 2.09. The van der Waals surface area contributed by atoms with Gasteiger partial charge in [-0.1, -0.05) is 24.3 Å². The lowest BCUT2D eigenvalue weighted by molar-refractivity contribution is 0.343. The summed E-state index contributed by atoms with van der Waals surface area (Å²) in [7, 11) is 2.03. The number of aliphatic hydroxyl groups is 1. The number of aliphatic hydroxyl groups excluding tert-OH is 1. The highest BCUT2D eigenvalue weighted by Gasteiger charge is 1.99.